The standard InChI is InChI=1S/C25H32N4O5/c1-16-11-22(24-23(17(16)2)27-25(32)28-24)34-14-20(31)12-29-9-7-18(8-10-29)13-33-21-5-3-19(4-6-21)26-15-30/h3-6,11,15,18,20,31H,7-10,12-14H2,1-2H3,(H,26,30)(H2,27,28,32). The molecule has 0 bridgehead atoms. The highest BCUT2D eigenvalue weighted by Crippen LogP contribution is 2.28. The van der Waals surface area contributed by atoms with Gasteiger partial charge in [0, 0.05) is 12.2 Å². The number of fused-ring (bicyclic) bond motifs is 1. The van der Waals surface area contributed by atoms with Crippen molar-refractivity contribution >= 4 is 23.1 Å². The number of aryl methyl sites for hydroxylation is 2. The molecule has 2 aromatic carbocycles. The minimum absolute atomic E-state index is 0.156. The van der Waals surface area contributed by atoms with Gasteiger partial charge in [0.2, 0.25) is 6.41 Å². The zero-order valence-electron chi connectivity index (χ0n) is 19.6. The first kappa shape index (κ1) is 23.8. The van der Waals surface area contributed by atoms with Crippen molar-refractivity contribution in [2.24, 2.45) is 5.92 Å². The van der Waals surface area contributed by atoms with Gasteiger partial charge in [-0.3, -0.25) is 4.79 Å². The molecule has 1 aliphatic rings. The van der Waals surface area contributed by atoms with Crippen LogP contribution in [0, 0.1) is 19.8 Å². The number of aromatic nitrogens is 2. The van der Waals surface area contributed by atoms with Crippen LogP contribution in [-0.2, 0) is 4.79 Å². The van der Waals surface area contributed by atoms with E-state index in [2.05, 4.69) is 20.2 Å². The molecular formula is C25H32N4O5. The van der Waals surface area contributed by atoms with Gasteiger partial charge >= 0.3 is 5.69 Å². The number of nitrogens with zero attached hydrogens (tertiary/aromatic N) is 1. The average Bonchev–Trinajstić information content (AvgIpc) is 3.23. The second-order valence-corrected chi connectivity index (χ2v) is 8.95. The fraction of sp³-hybridized carbons (Fsp3) is 0.440. The number of carbonyl (C=O) groups excluding carboxylic acids is 1. The van der Waals surface area contributed by atoms with Crippen molar-refractivity contribution in [2.75, 3.05) is 38.2 Å². The second kappa shape index (κ2) is 10.8. The van der Waals surface area contributed by atoms with Crippen molar-refractivity contribution in [2.45, 2.75) is 32.8 Å². The number of aliphatic hydroxyl groups excluding tert-OH is 1. The Morgan fingerprint density at radius 3 is 2.56 bits per heavy atom. The Hall–Kier alpha value is -3.30. The van der Waals surface area contributed by atoms with Crippen molar-refractivity contribution in [1.82, 2.24) is 14.9 Å². The molecule has 1 atom stereocenters. The molecule has 1 unspecified atom stereocenters. The van der Waals surface area contributed by atoms with Crippen LogP contribution in [0.4, 0.5) is 5.69 Å². The molecular weight excluding hydrogens is 436 g/mol. The molecule has 9 heteroatoms. The number of imidazole rings is 1. The number of nitrogens with one attached hydrogen (secondary N) is 3. The maximum absolute atomic E-state index is 11.8. The number of amides is 1. The van der Waals surface area contributed by atoms with E-state index >= 15 is 0 Å². The molecule has 4 rings (SSSR count). The summed E-state index contributed by atoms with van der Waals surface area (Å²) in [6.45, 7) is 7.06. The molecule has 1 fully saturated rings. The topological polar surface area (TPSA) is 120 Å². The smallest absolute Gasteiger partial charge is 0.323 e. The Morgan fingerprint density at radius 2 is 1.85 bits per heavy atom. The number of benzene rings is 2. The summed E-state index contributed by atoms with van der Waals surface area (Å²) in [5.74, 6) is 1.82. The lowest BCUT2D eigenvalue weighted by Crippen LogP contribution is -2.41. The lowest BCUT2D eigenvalue weighted by atomic mass is 9.97. The molecule has 1 saturated heterocycles. The Balaban J connectivity index is 1.21. The van der Waals surface area contributed by atoms with Crippen LogP contribution >= 0.6 is 0 Å². The summed E-state index contributed by atoms with van der Waals surface area (Å²) in [5.41, 5.74) is 3.86. The lowest BCUT2D eigenvalue weighted by Gasteiger charge is -2.33. The van der Waals surface area contributed by atoms with E-state index in [9.17, 15) is 14.7 Å². The number of aliphatic hydroxyl groups is 1. The third-order valence-corrected chi connectivity index (χ3v) is 6.46. The van der Waals surface area contributed by atoms with Crippen LogP contribution in [0.25, 0.3) is 11.0 Å². The summed E-state index contributed by atoms with van der Waals surface area (Å²) in [6.07, 6.45) is 2.02. The van der Waals surface area contributed by atoms with E-state index in [1.54, 1.807) is 0 Å². The van der Waals surface area contributed by atoms with E-state index in [0.29, 0.717) is 36.7 Å². The van der Waals surface area contributed by atoms with Crippen LogP contribution in [0.5, 0.6) is 11.5 Å². The van der Waals surface area contributed by atoms with Gasteiger partial charge in [-0.25, -0.2) is 4.79 Å². The van der Waals surface area contributed by atoms with Crippen molar-refractivity contribution in [3.8, 4) is 11.5 Å². The maximum atomic E-state index is 11.8. The van der Waals surface area contributed by atoms with Gasteiger partial charge in [0.1, 0.15) is 29.7 Å². The zero-order chi connectivity index (χ0) is 24.1. The lowest BCUT2D eigenvalue weighted by molar-refractivity contribution is -0.105. The van der Waals surface area contributed by atoms with Gasteiger partial charge in [-0.2, -0.15) is 0 Å². The monoisotopic (exact) mass is 468 g/mol. The minimum atomic E-state index is -0.631. The van der Waals surface area contributed by atoms with E-state index in [4.69, 9.17) is 9.47 Å². The Kier molecular flexibility index (Phi) is 7.54. The van der Waals surface area contributed by atoms with Crippen LogP contribution in [0.15, 0.2) is 35.1 Å². The second-order valence-electron chi connectivity index (χ2n) is 8.95. The van der Waals surface area contributed by atoms with Crippen LogP contribution in [0.2, 0.25) is 0 Å². The van der Waals surface area contributed by atoms with Gasteiger partial charge < -0.3 is 34.8 Å². The number of ether oxygens (including phenoxy) is 2. The predicted octanol–water partition coefficient (Wildman–Crippen LogP) is 2.57. The molecule has 0 spiro atoms. The number of aromatic amines is 2. The van der Waals surface area contributed by atoms with Gasteiger partial charge in [-0.15, -0.1) is 0 Å². The molecule has 3 aromatic rings. The Morgan fingerprint density at radius 1 is 1.15 bits per heavy atom. The number of carbonyl (C=O) groups is 1. The number of piperidine rings is 1. The molecule has 0 radical (unpaired) electrons. The molecule has 1 amide bonds. The fourth-order valence-electron chi connectivity index (χ4n) is 4.34. The van der Waals surface area contributed by atoms with Gasteiger partial charge in [-0.05, 0) is 87.2 Å². The molecule has 1 aliphatic heterocycles. The van der Waals surface area contributed by atoms with E-state index < -0.39 is 6.10 Å². The SMILES string of the molecule is Cc1cc(OCC(O)CN2CCC(COc3ccc(NC=O)cc3)CC2)c2[nH]c(=O)[nH]c2c1C. The summed E-state index contributed by atoms with van der Waals surface area (Å²) in [5, 5.41) is 13.2. The summed E-state index contributed by atoms with van der Waals surface area (Å²) in [6, 6.07) is 9.22. The number of hydrogen-bond acceptors (Lipinski definition) is 6. The van der Waals surface area contributed by atoms with E-state index in [-0.39, 0.29) is 12.3 Å². The van der Waals surface area contributed by atoms with Crippen molar-refractivity contribution in [1.29, 1.82) is 0 Å². The minimum Gasteiger partial charge on any atom is -0.493 e. The first-order valence-electron chi connectivity index (χ1n) is 11.6. The molecule has 4 N–H and O–H groups in total. The van der Waals surface area contributed by atoms with Gasteiger partial charge in [0.15, 0.2) is 0 Å². The highest BCUT2D eigenvalue weighted by atomic mass is 16.5. The molecule has 2 heterocycles. The van der Waals surface area contributed by atoms with E-state index in [0.717, 1.165) is 54.0 Å². The number of H-pyrrole nitrogens is 2. The molecule has 34 heavy (non-hydrogen) atoms. The molecule has 182 valence electrons. The summed E-state index contributed by atoms with van der Waals surface area (Å²) in [4.78, 5) is 30.1. The first-order chi connectivity index (χ1) is 16.4. The zero-order valence-corrected chi connectivity index (χ0v) is 19.6. The largest absolute Gasteiger partial charge is 0.493 e. The predicted molar refractivity (Wildman–Crippen MR) is 131 cm³/mol. The third kappa shape index (κ3) is 5.78. The average molecular weight is 469 g/mol. The van der Waals surface area contributed by atoms with Gasteiger partial charge in [-0.1, -0.05) is 0 Å². The highest BCUT2D eigenvalue weighted by Gasteiger charge is 2.22. The highest BCUT2D eigenvalue weighted by molar-refractivity contribution is 5.85. The van der Waals surface area contributed by atoms with Crippen molar-refractivity contribution in [3.63, 3.8) is 0 Å². The van der Waals surface area contributed by atoms with E-state index in [1.807, 2.05) is 44.2 Å². The first-order valence-corrected chi connectivity index (χ1v) is 11.6. The summed E-state index contributed by atoms with van der Waals surface area (Å²) >= 11 is 0. The number of β-amino-alcohol motifs (C(OH)–C–C–N with tert-alkyl or cyclic N) is 1. The normalized spacial score (nSPS) is 15.9. The van der Waals surface area contributed by atoms with Crippen LogP contribution in [-0.4, -0.2) is 65.3 Å². The van der Waals surface area contributed by atoms with Gasteiger partial charge in [0.05, 0.1) is 12.1 Å². The van der Waals surface area contributed by atoms with Crippen LogP contribution in [0.1, 0.15) is 24.0 Å². The number of anilines is 1. The Labute approximate surface area is 198 Å². The number of hydrogen-bond donors (Lipinski definition) is 4. The summed E-state index contributed by atoms with van der Waals surface area (Å²) < 4.78 is 11.8. The molecule has 0 saturated carbocycles. The maximum Gasteiger partial charge on any atom is 0.323 e. The molecule has 0 aliphatic carbocycles. The quantitative estimate of drug-likeness (QED) is 0.340. The molecule has 1 aromatic heterocycles. The number of rotatable bonds is 10. The third-order valence-electron chi connectivity index (χ3n) is 6.46. The number of likely N-dealkylation sites (tertiary alicyclic amines) is 1. The van der Waals surface area contributed by atoms with Crippen LogP contribution < -0.4 is 20.5 Å². The van der Waals surface area contributed by atoms with Crippen LogP contribution in [0.3, 0.4) is 0 Å². The molecule has 9 nitrogen and oxygen atoms in total. The van der Waals surface area contributed by atoms with E-state index in [1.165, 1.54) is 0 Å². The van der Waals surface area contributed by atoms with Crippen molar-refractivity contribution < 1.29 is 19.4 Å². The summed E-state index contributed by atoms with van der Waals surface area (Å²) in [7, 11) is 0. The Bertz CT molecular complexity index is 1160. The fourth-order valence-corrected chi connectivity index (χ4v) is 4.34. The van der Waals surface area contributed by atoms with Crippen molar-refractivity contribution in [3.05, 3.63) is 51.9 Å². The van der Waals surface area contributed by atoms with Gasteiger partial charge in [0.25, 0.3) is 0 Å².